The second kappa shape index (κ2) is 7.92. The molecule has 0 spiro atoms. The Morgan fingerprint density at radius 1 is 1.16 bits per heavy atom. The molecule has 1 aromatic heterocycles. The van der Waals surface area contributed by atoms with Crippen molar-refractivity contribution < 1.29 is 9.53 Å². The molecule has 1 N–H and O–H groups in total. The Bertz CT molecular complexity index is 872. The number of carbonyl (C=O) groups is 1. The van der Waals surface area contributed by atoms with Gasteiger partial charge in [0.25, 0.3) is 0 Å². The number of nitrogens with one attached hydrogen (secondary N) is 1. The average Bonchev–Trinajstić information content (AvgIpc) is 3.09. The van der Waals surface area contributed by atoms with Crippen LogP contribution in [0.5, 0.6) is 5.75 Å². The first-order valence-corrected chi connectivity index (χ1v) is 7.81. The standard InChI is InChI=1S/C19H18N4O2/c1-25-18-10-6-5-9-17(18)20-19(24)12-11-16-14-23(22-21-16)13-15-7-3-2-4-8-15/h2-12,14H,13H2,1H3,(H,20,24)/b12-11+. The molecule has 6 heteroatoms. The summed E-state index contributed by atoms with van der Waals surface area (Å²) in [6, 6.07) is 17.2. The lowest BCUT2D eigenvalue weighted by Gasteiger charge is -2.07. The number of hydrogen-bond donors (Lipinski definition) is 1. The number of rotatable bonds is 6. The van der Waals surface area contributed by atoms with E-state index in [0.29, 0.717) is 23.7 Å². The van der Waals surface area contributed by atoms with Crippen LogP contribution in [0.1, 0.15) is 11.3 Å². The van der Waals surface area contributed by atoms with E-state index in [9.17, 15) is 4.79 Å². The van der Waals surface area contributed by atoms with Crippen LogP contribution in [0.25, 0.3) is 6.08 Å². The molecule has 3 rings (SSSR count). The first kappa shape index (κ1) is 16.4. The van der Waals surface area contributed by atoms with Crippen LogP contribution in [0.4, 0.5) is 5.69 Å². The molecule has 1 amide bonds. The highest BCUT2D eigenvalue weighted by molar-refractivity contribution is 6.02. The SMILES string of the molecule is COc1ccccc1NC(=O)/C=C/c1cn(Cc2ccccc2)nn1. The third-order valence-electron chi connectivity index (χ3n) is 3.51. The molecule has 0 radical (unpaired) electrons. The van der Waals surface area contributed by atoms with Crippen molar-refractivity contribution in [1.82, 2.24) is 15.0 Å². The molecule has 0 aliphatic heterocycles. The quantitative estimate of drug-likeness (QED) is 0.704. The Balaban J connectivity index is 1.61. The number of hydrogen-bond acceptors (Lipinski definition) is 4. The van der Waals surface area contributed by atoms with Gasteiger partial charge in [0.05, 0.1) is 25.5 Å². The van der Waals surface area contributed by atoms with Crippen molar-refractivity contribution in [1.29, 1.82) is 0 Å². The van der Waals surface area contributed by atoms with Gasteiger partial charge in [-0.15, -0.1) is 5.10 Å². The van der Waals surface area contributed by atoms with Crippen molar-refractivity contribution >= 4 is 17.7 Å². The number of carbonyl (C=O) groups excluding carboxylic acids is 1. The second-order valence-electron chi connectivity index (χ2n) is 5.35. The summed E-state index contributed by atoms with van der Waals surface area (Å²) in [4.78, 5) is 12.0. The highest BCUT2D eigenvalue weighted by Gasteiger charge is 2.04. The van der Waals surface area contributed by atoms with E-state index in [1.807, 2.05) is 42.5 Å². The van der Waals surface area contributed by atoms with Gasteiger partial charge in [-0.25, -0.2) is 4.68 Å². The van der Waals surface area contributed by atoms with Crippen LogP contribution >= 0.6 is 0 Å². The van der Waals surface area contributed by atoms with Gasteiger partial charge in [0.2, 0.25) is 5.91 Å². The molecular formula is C19H18N4O2. The third kappa shape index (κ3) is 4.54. The maximum absolute atomic E-state index is 12.0. The summed E-state index contributed by atoms with van der Waals surface area (Å²) in [5.74, 6) is 0.347. The molecule has 3 aromatic rings. The zero-order valence-electron chi connectivity index (χ0n) is 13.8. The summed E-state index contributed by atoms with van der Waals surface area (Å²) >= 11 is 0. The number of aromatic nitrogens is 3. The molecule has 0 bridgehead atoms. The number of benzene rings is 2. The summed E-state index contributed by atoms with van der Waals surface area (Å²) < 4.78 is 6.93. The maximum Gasteiger partial charge on any atom is 0.248 e. The van der Waals surface area contributed by atoms with Crippen molar-refractivity contribution in [2.75, 3.05) is 12.4 Å². The smallest absolute Gasteiger partial charge is 0.248 e. The zero-order chi connectivity index (χ0) is 17.5. The molecule has 0 unspecified atom stereocenters. The second-order valence-corrected chi connectivity index (χ2v) is 5.35. The first-order valence-electron chi connectivity index (χ1n) is 7.81. The Labute approximate surface area is 145 Å². The third-order valence-corrected chi connectivity index (χ3v) is 3.51. The highest BCUT2D eigenvalue weighted by atomic mass is 16.5. The van der Waals surface area contributed by atoms with Gasteiger partial charge in [-0.3, -0.25) is 4.79 Å². The van der Waals surface area contributed by atoms with Gasteiger partial charge >= 0.3 is 0 Å². The Morgan fingerprint density at radius 3 is 2.72 bits per heavy atom. The minimum Gasteiger partial charge on any atom is -0.495 e. The average molecular weight is 334 g/mol. The summed E-state index contributed by atoms with van der Waals surface area (Å²) in [5.41, 5.74) is 2.37. The summed E-state index contributed by atoms with van der Waals surface area (Å²) in [5, 5.41) is 10.9. The molecule has 0 aliphatic carbocycles. The van der Waals surface area contributed by atoms with Crippen molar-refractivity contribution in [3.05, 3.63) is 78.1 Å². The van der Waals surface area contributed by atoms with Gasteiger partial charge in [0, 0.05) is 6.08 Å². The number of nitrogens with zero attached hydrogens (tertiary/aromatic N) is 3. The minimum absolute atomic E-state index is 0.262. The lowest BCUT2D eigenvalue weighted by molar-refractivity contribution is -0.111. The molecule has 6 nitrogen and oxygen atoms in total. The normalized spacial score (nSPS) is 10.8. The summed E-state index contributed by atoms with van der Waals surface area (Å²) in [6.07, 6.45) is 4.84. The van der Waals surface area contributed by atoms with E-state index in [0.717, 1.165) is 5.56 Å². The van der Waals surface area contributed by atoms with Crippen LogP contribution in [-0.4, -0.2) is 28.0 Å². The van der Waals surface area contributed by atoms with Crippen LogP contribution in [0.3, 0.4) is 0 Å². The fourth-order valence-corrected chi connectivity index (χ4v) is 2.32. The molecular weight excluding hydrogens is 316 g/mol. The number of anilines is 1. The van der Waals surface area contributed by atoms with Crippen LogP contribution in [0.2, 0.25) is 0 Å². The van der Waals surface area contributed by atoms with Crippen LogP contribution in [-0.2, 0) is 11.3 Å². The maximum atomic E-state index is 12.0. The molecule has 1 heterocycles. The van der Waals surface area contributed by atoms with E-state index in [4.69, 9.17) is 4.74 Å². The van der Waals surface area contributed by atoms with Crippen LogP contribution < -0.4 is 10.1 Å². The Morgan fingerprint density at radius 2 is 1.92 bits per heavy atom. The van der Waals surface area contributed by atoms with E-state index >= 15 is 0 Å². The van der Waals surface area contributed by atoms with E-state index < -0.39 is 0 Å². The predicted molar refractivity (Wildman–Crippen MR) is 96.2 cm³/mol. The molecule has 2 aromatic carbocycles. The Hall–Kier alpha value is -3.41. The summed E-state index contributed by atoms with van der Waals surface area (Å²) in [7, 11) is 1.56. The van der Waals surface area contributed by atoms with Gasteiger partial charge in [-0.1, -0.05) is 47.7 Å². The fourth-order valence-electron chi connectivity index (χ4n) is 2.32. The minimum atomic E-state index is -0.262. The largest absolute Gasteiger partial charge is 0.495 e. The molecule has 25 heavy (non-hydrogen) atoms. The van der Waals surface area contributed by atoms with Gasteiger partial charge in [0.1, 0.15) is 11.4 Å². The van der Waals surface area contributed by atoms with Gasteiger partial charge in [-0.2, -0.15) is 0 Å². The number of methoxy groups -OCH3 is 1. The van der Waals surface area contributed by atoms with Gasteiger partial charge in [0.15, 0.2) is 0 Å². The van der Waals surface area contributed by atoms with Crippen molar-refractivity contribution in [3.8, 4) is 5.75 Å². The van der Waals surface area contributed by atoms with Crippen LogP contribution in [0.15, 0.2) is 66.9 Å². The molecule has 126 valence electrons. The molecule has 0 atom stereocenters. The summed E-state index contributed by atoms with van der Waals surface area (Å²) in [6.45, 7) is 0.634. The molecule has 0 fully saturated rings. The monoisotopic (exact) mass is 334 g/mol. The van der Waals surface area contributed by atoms with Gasteiger partial charge in [-0.05, 0) is 23.8 Å². The Kier molecular flexibility index (Phi) is 5.21. The topological polar surface area (TPSA) is 69.0 Å². The van der Waals surface area contributed by atoms with Gasteiger partial charge < -0.3 is 10.1 Å². The lowest BCUT2D eigenvalue weighted by Crippen LogP contribution is -2.08. The van der Waals surface area contributed by atoms with E-state index in [1.165, 1.54) is 6.08 Å². The highest BCUT2D eigenvalue weighted by Crippen LogP contribution is 2.22. The van der Waals surface area contributed by atoms with Crippen LogP contribution in [0, 0.1) is 0 Å². The van der Waals surface area contributed by atoms with E-state index in [-0.39, 0.29) is 5.91 Å². The molecule has 0 saturated carbocycles. The van der Waals surface area contributed by atoms with Crippen molar-refractivity contribution in [2.45, 2.75) is 6.54 Å². The van der Waals surface area contributed by atoms with E-state index in [2.05, 4.69) is 15.6 Å². The van der Waals surface area contributed by atoms with E-state index in [1.54, 1.807) is 36.2 Å². The fraction of sp³-hybridized carbons (Fsp3) is 0.105. The number of ether oxygens (including phenoxy) is 1. The molecule has 0 saturated heterocycles. The predicted octanol–water partition coefficient (Wildman–Crippen LogP) is 2.99. The van der Waals surface area contributed by atoms with Crippen molar-refractivity contribution in [3.63, 3.8) is 0 Å². The van der Waals surface area contributed by atoms with Crippen molar-refractivity contribution in [2.24, 2.45) is 0 Å². The first-order chi connectivity index (χ1) is 12.2. The molecule has 0 aliphatic rings. The lowest BCUT2D eigenvalue weighted by atomic mass is 10.2. The number of amides is 1. The zero-order valence-corrected chi connectivity index (χ0v) is 13.8. The number of para-hydroxylation sites is 2.